The van der Waals surface area contributed by atoms with E-state index in [4.69, 9.17) is 11.6 Å². The molecule has 126 valence electrons. The summed E-state index contributed by atoms with van der Waals surface area (Å²) in [5, 5.41) is 12.1. The largest absolute Gasteiger partial charge is 0.391 e. The summed E-state index contributed by atoms with van der Waals surface area (Å²) >= 11 is 7.56. The molecule has 5 nitrogen and oxygen atoms in total. The average molecular weight is 372 g/mol. The highest BCUT2D eigenvalue weighted by Crippen LogP contribution is 2.19. The number of carbonyl (C=O) groups excluding carboxylic acids is 1. The van der Waals surface area contributed by atoms with Crippen molar-refractivity contribution >= 4 is 35.0 Å². The van der Waals surface area contributed by atoms with Gasteiger partial charge in [0.1, 0.15) is 12.4 Å². The molecule has 1 heterocycles. The standard InChI is InChI=1S/C18H15ClN4OS/c1-13-6-2-4-8-15(13)21-17(24)12-25-18-22-20-10-11-23(18)16-9-5-3-7-14(16)19/h2-11H,12H2,1H3/p+1. The normalized spacial score (nSPS) is 10.5. The first kappa shape index (κ1) is 17.4. The van der Waals surface area contributed by atoms with E-state index in [0.29, 0.717) is 10.2 Å². The molecule has 0 saturated carbocycles. The van der Waals surface area contributed by atoms with E-state index in [-0.39, 0.29) is 11.7 Å². The third-order valence-corrected chi connectivity index (χ3v) is 4.76. The van der Waals surface area contributed by atoms with E-state index in [2.05, 4.69) is 15.5 Å². The first-order chi connectivity index (χ1) is 12.1. The van der Waals surface area contributed by atoms with E-state index in [0.717, 1.165) is 16.9 Å². The monoisotopic (exact) mass is 371 g/mol. The number of amides is 1. The van der Waals surface area contributed by atoms with Gasteiger partial charge >= 0.3 is 5.16 Å². The number of anilines is 1. The molecule has 0 aliphatic rings. The molecule has 25 heavy (non-hydrogen) atoms. The van der Waals surface area contributed by atoms with Gasteiger partial charge in [-0.1, -0.05) is 41.9 Å². The topological polar surface area (TPSA) is 58.8 Å². The lowest BCUT2D eigenvalue weighted by Gasteiger charge is -2.07. The molecule has 3 rings (SSSR count). The van der Waals surface area contributed by atoms with Gasteiger partial charge in [0.05, 0.1) is 15.9 Å². The SMILES string of the molecule is Cc1ccccc1NC(=O)CSc1nncc[n+]1-c1ccccc1Cl. The van der Waals surface area contributed by atoms with Crippen molar-refractivity contribution in [1.29, 1.82) is 0 Å². The second kappa shape index (κ2) is 8.09. The van der Waals surface area contributed by atoms with E-state index in [1.807, 2.05) is 60.0 Å². The molecule has 0 radical (unpaired) electrons. The Morgan fingerprint density at radius 1 is 1.20 bits per heavy atom. The van der Waals surface area contributed by atoms with Crippen LogP contribution in [0.2, 0.25) is 5.02 Å². The molecule has 1 amide bonds. The van der Waals surface area contributed by atoms with E-state index in [1.54, 1.807) is 12.4 Å². The minimum absolute atomic E-state index is 0.101. The summed E-state index contributed by atoms with van der Waals surface area (Å²) in [5.41, 5.74) is 2.62. The first-order valence-corrected chi connectivity index (χ1v) is 8.98. The van der Waals surface area contributed by atoms with Gasteiger partial charge in [0.25, 0.3) is 0 Å². The third kappa shape index (κ3) is 4.35. The lowest BCUT2D eigenvalue weighted by molar-refractivity contribution is -0.642. The Hall–Kier alpha value is -2.44. The highest BCUT2D eigenvalue weighted by atomic mass is 35.5. The third-order valence-electron chi connectivity index (χ3n) is 3.50. The smallest absolute Gasteiger partial charge is 0.325 e. The number of nitrogens with one attached hydrogen (secondary N) is 1. The molecule has 1 aromatic heterocycles. The molecule has 0 unspecified atom stereocenters. The van der Waals surface area contributed by atoms with Crippen molar-refractivity contribution in [1.82, 2.24) is 10.2 Å². The molecule has 0 saturated heterocycles. The number of carbonyl (C=O) groups is 1. The predicted molar refractivity (Wildman–Crippen MR) is 99.1 cm³/mol. The zero-order chi connectivity index (χ0) is 17.6. The Bertz CT molecular complexity index is 904. The average Bonchev–Trinajstić information content (AvgIpc) is 2.63. The van der Waals surface area contributed by atoms with Gasteiger partial charge in [-0.3, -0.25) is 4.79 Å². The van der Waals surface area contributed by atoms with E-state index in [9.17, 15) is 4.79 Å². The second-order valence-corrected chi connectivity index (χ2v) is 6.62. The maximum absolute atomic E-state index is 12.2. The van der Waals surface area contributed by atoms with Crippen LogP contribution in [-0.4, -0.2) is 21.9 Å². The summed E-state index contributed by atoms with van der Waals surface area (Å²) in [4.78, 5) is 12.2. The lowest BCUT2D eigenvalue weighted by atomic mass is 10.2. The number of hydrogen-bond acceptors (Lipinski definition) is 4. The van der Waals surface area contributed by atoms with Gasteiger partial charge in [0, 0.05) is 5.69 Å². The fraction of sp³-hybridized carbons (Fsp3) is 0.111. The van der Waals surface area contributed by atoms with Gasteiger partial charge in [0.2, 0.25) is 5.91 Å². The zero-order valence-corrected chi connectivity index (χ0v) is 15.1. The van der Waals surface area contributed by atoms with Gasteiger partial charge in [-0.2, -0.15) is 4.57 Å². The van der Waals surface area contributed by atoms with Crippen LogP contribution in [0.3, 0.4) is 0 Å². The Morgan fingerprint density at radius 3 is 2.76 bits per heavy atom. The van der Waals surface area contributed by atoms with Crippen molar-refractivity contribution in [2.24, 2.45) is 0 Å². The van der Waals surface area contributed by atoms with Crippen LogP contribution in [0.4, 0.5) is 5.69 Å². The number of halogens is 1. The summed E-state index contributed by atoms with van der Waals surface area (Å²) in [6.07, 6.45) is 3.36. The maximum atomic E-state index is 12.2. The van der Waals surface area contributed by atoms with Crippen LogP contribution < -0.4 is 9.88 Å². The van der Waals surface area contributed by atoms with Crippen molar-refractivity contribution in [3.63, 3.8) is 0 Å². The Morgan fingerprint density at radius 2 is 1.96 bits per heavy atom. The van der Waals surface area contributed by atoms with E-state index < -0.39 is 0 Å². The highest BCUT2D eigenvalue weighted by Gasteiger charge is 2.19. The summed E-state index contributed by atoms with van der Waals surface area (Å²) in [6, 6.07) is 15.1. The Kier molecular flexibility index (Phi) is 5.63. The number of thioether (sulfide) groups is 1. The number of nitrogens with zero attached hydrogens (tertiary/aromatic N) is 3. The zero-order valence-electron chi connectivity index (χ0n) is 13.5. The summed E-state index contributed by atoms with van der Waals surface area (Å²) in [6.45, 7) is 1.96. The van der Waals surface area contributed by atoms with Crippen LogP contribution in [0.1, 0.15) is 5.56 Å². The van der Waals surface area contributed by atoms with Crippen molar-refractivity contribution in [2.45, 2.75) is 12.1 Å². The number of para-hydroxylation sites is 2. The molecular formula is C18H16ClN4OS+. The number of benzene rings is 2. The minimum Gasteiger partial charge on any atom is -0.325 e. The van der Waals surface area contributed by atoms with Crippen molar-refractivity contribution in [2.75, 3.05) is 11.1 Å². The molecule has 0 aliphatic carbocycles. The van der Waals surface area contributed by atoms with Crippen LogP contribution >= 0.6 is 23.4 Å². The summed E-state index contributed by atoms with van der Waals surface area (Å²) < 4.78 is 1.82. The fourth-order valence-electron chi connectivity index (χ4n) is 2.25. The molecule has 3 aromatic rings. The van der Waals surface area contributed by atoms with Crippen LogP contribution in [0.5, 0.6) is 0 Å². The lowest BCUT2D eigenvalue weighted by Crippen LogP contribution is -2.35. The van der Waals surface area contributed by atoms with Crippen molar-refractivity contribution < 1.29 is 9.36 Å². The molecule has 1 N–H and O–H groups in total. The van der Waals surface area contributed by atoms with Gasteiger partial charge in [-0.15, -0.1) is 0 Å². The van der Waals surface area contributed by atoms with Gasteiger partial charge < -0.3 is 5.32 Å². The van der Waals surface area contributed by atoms with Crippen molar-refractivity contribution in [3.05, 3.63) is 71.5 Å². The Labute approximate surface area is 155 Å². The number of rotatable bonds is 5. The van der Waals surface area contributed by atoms with Crippen molar-refractivity contribution in [3.8, 4) is 5.69 Å². The maximum Gasteiger partial charge on any atom is 0.391 e. The molecule has 7 heteroatoms. The van der Waals surface area contributed by atoms with Crippen LogP contribution in [0, 0.1) is 6.92 Å². The Balaban J connectivity index is 1.73. The minimum atomic E-state index is -0.101. The molecule has 0 spiro atoms. The molecule has 0 aliphatic heterocycles. The predicted octanol–water partition coefficient (Wildman–Crippen LogP) is 3.45. The van der Waals surface area contributed by atoms with Crippen LogP contribution in [-0.2, 0) is 4.79 Å². The molecule has 2 aromatic carbocycles. The quantitative estimate of drug-likeness (QED) is 0.551. The molecule has 0 bridgehead atoms. The van der Waals surface area contributed by atoms with Gasteiger partial charge in [-0.25, -0.2) is 0 Å². The van der Waals surface area contributed by atoms with Gasteiger partial charge in [0.15, 0.2) is 5.69 Å². The first-order valence-electron chi connectivity index (χ1n) is 7.61. The molecular weight excluding hydrogens is 356 g/mol. The van der Waals surface area contributed by atoms with Crippen LogP contribution in [0.25, 0.3) is 5.69 Å². The fourth-order valence-corrected chi connectivity index (χ4v) is 3.21. The number of aryl methyl sites for hydroxylation is 1. The van der Waals surface area contributed by atoms with E-state index in [1.165, 1.54) is 11.8 Å². The molecule has 0 fully saturated rings. The molecule has 0 atom stereocenters. The number of hydrogen-bond donors (Lipinski definition) is 1. The second-order valence-electron chi connectivity index (χ2n) is 5.27. The summed E-state index contributed by atoms with van der Waals surface area (Å²) in [7, 11) is 0. The highest BCUT2D eigenvalue weighted by molar-refractivity contribution is 7.99. The van der Waals surface area contributed by atoms with Crippen LogP contribution in [0.15, 0.2) is 66.1 Å². The number of aromatic nitrogens is 3. The van der Waals surface area contributed by atoms with E-state index >= 15 is 0 Å². The summed E-state index contributed by atoms with van der Waals surface area (Å²) in [5.74, 6) is 0.118. The van der Waals surface area contributed by atoms with Gasteiger partial charge in [-0.05, 0) is 47.5 Å².